The molecule has 146 valence electrons. The fourth-order valence-electron chi connectivity index (χ4n) is 3.12. The number of carbonyl (C=O) groups is 1. The van der Waals surface area contributed by atoms with E-state index in [0.29, 0.717) is 22.2 Å². The molecule has 0 unspecified atom stereocenters. The van der Waals surface area contributed by atoms with Crippen molar-refractivity contribution < 1.29 is 19.0 Å². The molecule has 0 aromatic heterocycles. The molecule has 1 amide bonds. The predicted molar refractivity (Wildman–Crippen MR) is 108 cm³/mol. The zero-order chi connectivity index (χ0) is 19.4. The number of aliphatic imine (C=N–C) groups is 1. The Hall–Kier alpha value is -2.19. The first-order valence-electron chi connectivity index (χ1n) is 8.89. The second kappa shape index (κ2) is 8.67. The fourth-order valence-corrected chi connectivity index (χ4v) is 4.09. The lowest BCUT2D eigenvalue weighted by Crippen LogP contribution is -2.47. The summed E-state index contributed by atoms with van der Waals surface area (Å²) >= 11 is 1.42. The van der Waals surface area contributed by atoms with Crippen LogP contribution < -0.4 is 14.2 Å². The first-order valence-corrected chi connectivity index (χ1v) is 9.71. The molecule has 2 heterocycles. The zero-order valence-corrected chi connectivity index (χ0v) is 17.0. The van der Waals surface area contributed by atoms with Crippen molar-refractivity contribution in [2.45, 2.75) is 6.92 Å². The molecule has 8 heteroatoms. The molecule has 1 saturated heterocycles. The van der Waals surface area contributed by atoms with E-state index in [1.54, 1.807) is 21.3 Å². The maximum absolute atomic E-state index is 12.4. The number of thioether (sulfide) groups is 1. The van der Waals surface area contributed by atoms with E-state index < -0.39 is 0 Å². The molecular formula is C19H25N3O4S. The van der Waals surface area contributed by atoms with Crippen LogP contribution in [0.1, 0.15) is 12.5 Å². The minimum atomic E-state index is -0.207. The van der Waals surface area contributed by atoms with Crippen LogP contribution in [-0.4, -0.2) is 74.9 Å². The first-order chi connectivity index (χ1) is 13.1. The molecule has 2 aliphatic rings. The first kappa shape index (κ1) is 19.6. The van der Waals surface area contributed by atoms with Gasteiger partial charge in [-0.15, -0.1) is 0 Å². The molecule has 1 aromatic carbocycles. The normalized spacial score (nSPS) is 19.4. The summed E-state index contributed by atoms with van der Waals surface area (Å²) in [7, 11) is 4.70. The Morgan fingerprint density at radius 3 is 2.22 bits per heavy atom. The van der Waals surface area contributed by atoms with E-state index in [0.717, 1.165) is 43.5 Å². The number of piperazine rings is 1. The van der Waals surface area contributed by atoms with Crippen molar-refractivity contribution in [3.8, 4) is 17.2 Å². The number of carbonyl (C=O) groups excluding carboxylic acids is 1. The summed E-state index contributed by atoms with van der Waals surface area (Å²) in [6.45, 7) is 7.00. The quantitative estimate of drug-likeness (QED) is 0.714. The molecule has 7 nitrogen and oxygen atoms in total. The Kier molecular flexibility index (Phi) is 6.28. The molecule has 2 aliphatic heterocycles. The Morgan fingerprint density at radius 2 is 1.70 bits per heavy atom. The highest BCUT2D eigenvalue weighted by atomic mass is 32.2. The van der Waals surface area contributed by atoms with Crippen LogP contribution in [0.2, 0.25) is 0 Å². The van der Waals surface area contributed by atoms with Gasteiger partial charge in [0, 0.05) is 26.2 Å². The van der Waals surface area contributed by atoms with E-state index in [4.69, 9.17) is 14.2 Å². The summed E-state index contributed by atoms with van der Waals surface area (Å²) in [4.78, 5) is 21.8. The molecule has 1 fully saturated rings. The number of rotatable bonds is 5. The highest BCUT2D eigenvalue weighted by molar-refractivity contribution is 8.18. The number of amides is 1. The molecule has 1 aromatic rings. The molecule has 0 atom stereocenters. The van der Waals surface area contributed by atoms with Gasteiger partial charge in [0.15, 0.2) is 16.7 Å². The van der Waals surface area contributed by atoms with Crippen molar-refractivity contribution >= 4 is 28.9 Å². The van der Waals surface area contributed by atoms with Crippen LogP contribution >= 0.6 is 11.8 Å². The van der Waals surface area contributed by atoms with Crippen molar-refractivity contribution in [3.63, 3.8) is 0 Å². The van der Waals surface area contributed by atoms with E-state index in [1.165, 1.54) is 11.8 Å². The summed E-state index contributed by atoms with van der Waals surface area (Å²) in [5.74, 6) is 1.42. The predicted octanol–water partition coefficient (Wildman–Crippen LogP) is 2.32. The van der Waals surface area contributed by atoms with E-state index in [-0.39, 0.29) is 5.91 Å². The number of ether oxygens (including phenoxy) is 3. The molecule has 0 aliphatic carbocycles. The maximum Gasteiger partial charge on any atom is 0.286 e. The van der Waals surface area contributed by atoms with Crippen LogP contribution in [0.3, 0.4) is 0 Å². The molecule has 0 saturated carbocycles. The van der Waals surface area contributed by atoms with Crippen molar-refractivity contribution in [1.82, 2.24) is 9.80 Å². The number of amidine groups is 1. The summed E-state index contributed by atoms with van der Waals surface area (Å²) in [5.41, 5.74) is 0.799. The number of benzene rings is 1. The maximum atomic E-state index is 12.4. The second-order valence-electron chi connectivity index (χ2n) is 6.19. The van der Waals surface area contributed by atoms with Gasteiger partial charge in [0.2, 0.25) is 5.75 Å². The van der Waals surface area contributed by atoms with Crippen molar-refractivity contribution in [3.05, 3.63) is 22.6 Å². The Balaban J connectivity index is 1.78. The smallest absolute Gasteiger partial charge is 0.286 e. The number of hydrogen-bond donors (Lipinski definition) is 0. The molecule has 27 heavy (non-hydrogen) atoms. The van der Waals surface area contributed by atoms with Crippen molar-refractivity contribution in [2.24, 2.45) is 4.99 Å². The van der Waals surface area contributed by atoms with Crippen LogP contribution in [0.5, 0.6) is 17.2 Å². The third-order valence-electron chi connectivity index (χ3n) is 4.68. The van der Waals surface area contributed by atoms with Gasteiger partial charge in [-0.25, -0.2) is 0 Å². The van der Waals surface area contributed by atoms with Gasteiger partial charge in [-0.1, -0.05) is 6.92 Å². The van der Waals surface area contributed by atoms with Crippen LogP contribution in [0, 0.1) is 0 Å². The summed E-state index contributed by atoms with van der Waals surface area (Å²) in [6.07, 6.45) is 1.82. The molecule has 0 radical (unpaired) electrons. The summed E-state index contributed by atoms with van der Waals surface area (Å²) in [6, 6.07) is 3.64. The molecule has 0 bridgehead atoms. The van der Waals surface area contributed by atoms with Gasteiger partial charge in [-0.3, -0.25) is 4.79 Å². The van der Waals surface area contributed by atoms with Gasteiger partial charge in [-0.2, -0.15) is 4.99 Å². The summed E-state index contributed by atoms with van der Waals surface area (Å²) < 4.78 is 16.1. The van der Waals surface area contributed by atoms with Crippen LogP contribution in [0.25, 0.3) is 6.08 Å². The van der Waals surface area contributed by atoms with E-state index >= 15 is 0 Å². The Bertz CT molecular complexity index is 745. The second-order valence-corrected chi connectivity index (χ2v) is 7.20. The van der Waals surface area contributed by atoms with Gasteiger partial charge >= 0.3 is 0 Å². The Morgan fingerprint density at radius 1 is 1.07 bits per heavy atom. The number of methoxy groups -OCH3 is 3. The van der Waals surface area contributed by atoms with Crippen LogP contribution in [0.15, 0.2) is 22.0 Å². The van der Waals surface area contributed by atoms with E-state index in [2.05, 4.69) is 21.7 Å². The lowest BCUT2D eigenvalue weighted by molar-refractivity contribution is -0.113. The topological polar surface area (TPSA) is 63.6 Å². The van der Waals surface area contributed by atoms with E-state index in [9.17, 15) is 4.79 Å². The van der Waals surface area contributed by atoms with Gasteiger partial charge in [-0.05, 0) is 42.1 Å². The van der Waals surface area contributed by atoms with Crippen molar-refractivity contribution in [1.29, 1.82) is 0 Å². The summed E-state index contributed by atoms with van der Waals surface area (Å²) in [5, 5.41) is 0.787. The van der Waals surface area contributed by atoms with Crippen LogP contribution in [0.4, 0.5) is 0 Å². The molecular weight excluding hydrogens is 366 g/mol. The Labute approximate surface area is 164 Å². The van der Waals surface area contributed by atoms with Crippen molar-refractivity contribution in [2.75, 3.05) is 54.1 Å². The SMILES string of the molecule is CCN1CCN(C2=NC(=O)/C(=C/c3cc(OC)c(OC)c(OC)c3)S2)CC1. The zero-order valence-electron chi connectivity index (χ0n) is 16.2. The minimum Gasteiger partial charge on any atom is -0.493 e. The lowest BCUT2D eigenvalue weighted by atomic mass is 10.1. The van der Waals surface area contributed by atoms with Gasteiger partial charge in [0.25, 0.3) is 5.91 Å². The minimum absolute atomic E-state index is 0.207. The lowest BCUT2D eigenvalue weighted by Gasteiger charge is -2.34. The monoisotopic (exact) mass is 391 g/mol. The molecule has 3 rings (SSSR count). The van der Waals surface area contributed by atoms with E-state index in [1.807, 2.05) is 18.2 Å². The van der Waals surface area contributed by atoms with Gasteiger partial charge in [0.1, 0.15) is 0 Å². The van der Waals surface area contributed by atoms with Crippen LogP contribution in [-0.2, 0) is 4.79 Å². The highest BCUT2D eigenvalue weighted by Gasteiger charge is 2.28. The van der Waals surface area contributed by atoms with Gasteiger partial charge < -0.3 is 24.0 Å². The third-order valence-corrected chi connectivity index (χ3v) is 5.73. The fraction of sp³-hybridized carbons (Fsp3) is 0.474. The number of likely N-dealkylation sites (N-methyl/N-ethyl adjacent to an activating group) is 1. The average Bonchev–Trinajstić information content (AvgIpc) is 3.07. The number of nitrogens with zero attached hydrogens (tertiary/aromatic N) is 3. The average molecular weight is 391 g/mol. The third kappa shape index (κ3) is 4.22. The number of hydrogen-bond acceptors (Lipinski definition) is 7. The largest absolute Gasteiger partial charge is 0.493 e. The van der Waals surface area contributed by atoms with Gasteiger partial charge in [0.05, 0.1) is 26.2 Å². The highest BCUT2D eigenvalue weighted by Crippen LogP contribution is 2.40. The molecule has 0 N–H and O–H groups in total. The standard InChI is InChI=1S/C19H25N3O4S/c1-5-21-6-8-22(9-7-21)19-20-18(23)16(27-19)12-13-10-14(24-2)17(26-4)15(11-13)25-3/h10-12H,5-9H2,1-4H3/b16-12-. The molecule has 0 spiro atoms.